The molecule has 1 aliphatic heterocycles. The molecule has 6 nitrogen and oxygen atoms in total. The molecule has 0 aromatic heterocycles. The van der Waals surface area contributed by atoms with Crippen molar-refractivity contribution in [1.82, 2.24) is 4.90 Å². The Morgan fingerprint density at radius 3 is 2.58 bits per heavy atom. The van der Waals surface area contributed by atoms with Crippen molar-refractivity contribution in [3.8, 4) is 0 Å². The first-order chi connectivity index (χ1) is 12.2. The smallest absolute Gasteiger partial charge is 0.308 e. The van der Waals surface area contributed by atoms with Gasteiger partial charge in [0, 0.05) is 17.5 Å². The van der Waals surface area contributed by atoms with Crippen LogP contribution in [-0.2, 0) is 19.4 Å². The zero-order valence-corrected chi connectivity index (χ0v) is 16.8. The Morgan fingerprint density at radius 1 is 1.35 bits per heavy atom. The number of thioether (sulfide) groups is 1. The Balaban J connectivity index is 2.17. The molecule has 2 rings (SSSR count). The highest BCUT2D eigenvalue weighted by molar-refractivity contribution is 8.01. The van der Waals surface area contributed by atoms with Crippen LogP contribution in [0.2, 0.25) is 0 Å². The van der Waals surface area contributed by atoms with E-state index >= 15 is 0 Å². The number of nitrogens with zero attached hydrogens (tertiary/aromatic N) is 1. The number of hydrogen-bond donors (Lipinski definition) is 1. The van der Waals surface area contributed by atoms with Gasteiger partial charge in [0.05, 0.1) is 21.8 Å². The van der Waals surface area contributed by atoms with Crippen LogP contribution in [0.5, 0.6) is 0 Å². The number of benzene rings is 1. The van der Waals surface area contributed by atoms with E-state index in [0.717, 1.165) is 0 Å². The van der Waals surface area contributed by atoms with Gasteiger partial charge in [0.25, 0.3) is 0 Å². The third-order valence-electron chi connectivity index (χ3n) is 4.66. The second-order valence-corrected chi connectivity index (χ2v) is 9.99. The lowest BCUT2D eigenvalue weighted by Crippen LogP contribution is -2.41. The van der Waals surface area contributed by atoms with E-state index in [1.807, 2.05) is 6.92 Å². The van der Waals surface area contributed by atoms with Crippen LogP contribution in [0.4, 0.5) is 0 Å². The first-order valence-electron chi connectivity index (χ1n) is 8.70. The molecule has 1 N–H and O–H groups in total. The first-order valence-corrected chi connectivity index (χ1v) is 11.2. The van der Waals surface area contributed by atoms with E-state index < -0.39 is 27.0 Å². The normalized spacial score (nSPS) is 21.6. The van der Waals surface area contributed by atoms with Crippen molar-refractivity contribution in [1.29, 1.82) is 0 Å². The first kappa shape index (κ1) is 20.8. The quantitative estimate of drug-likeness (QED) is 0.709. The van der Waals surface area contributed by atoms with Gasteiger partial charge in [-0.1, -0.05) is 19.1 Å². The molecule has 1 aromatic carbocycles. The molecule has 0 aliphatic carbocycles. The Bertz CT molecular complexity index is 778. The second kappa shape index (κ2) is 8.43. The highest BCUT2D eigenvalue weighted by atomic mass is 32.2. The van der Waals surface area contributed by atoms with E-state index in [1.165, 1.54) is 11.8 Å². The molecule has 1 heterocycles. The molecule has 0 bridgehead atoms. The van der Waals surface area contributed by atoms with Crippen molar-refractivity contribution >= 4 is 33.5 Å². The fraction of sp³-hybridized carbons (Fsp3) is 0.556. The maximum atomic E-state index is 12.8. The van der Waals surface area contributed by atoms with Crippen LogP contribution < -0.4 is 0 Å². The summed E-state index contributed by atoms with van der Waals surface area (Å²) in [6, 6.07) is 6.36. The number of likely N-dealkylation sites (tertiary alicyclic amines) is 1. The number of aliphatic carboxylic acids is 1. The average Bonchev–Trinajstić information content (AvgIpc) is 2.96. The molecule has 3 unspecified atom stereocenters. The lowest BCUT2D eigenvalue weighted by molar-refractivity contribution is -0.143. The number of carbonyl (C=O) groups excluding carboxylic acids is 1. The largest absolute Gasteiger partial charge is 0.481 e. The number of amides is 1. The minimum atomic E-state index is -3.39. The zero-order chi connectivity index (χ0) is 19.5. The molecule has 0 radical (unpaired) electrons. The molecular weight excluding hydrogens is 374 g/mol. The van der Waals surface area contributed by atoms with Crippen molar-refractivity contribution in [3.63, 3.8) is 0 Å². The van der Waals surface area contributed by atoms with Crippen LogP contribution in [0.25, 0.3) is 0 Å². The summed E-state index contributed by atoms with van der Waals surface area (Å²) in [4.78, 5) is 26.4. The van der Waals surface area contributed by atoms with E-state index in [4.69, 9.17) is 0 Å². The second-order valence-electron chi connectivity index (χ2n) is 6.53. The summed E-state index contributed by atoms with van der Waals surface area (Å²) < 4.78 is 24.9. The standard InChI is InChI=1S/C18H25NO5S2/c1-4-11-26(23,24)16-8-6-5-7-15(16)25-13(3)17(20)19-10-9-14(12(19)2)18(21)22/h5-8,12-14H,4,9-11H2,1-3H3,(H,21,22). The predicted molar refractivity (Wildman–Crippen MR) is 101 cm³/mol. The highest BCUT2D eigenvalue weighted by Crippen LogP contribution is 2.33. The lowest BCUT2D eigenvalue weighted by atomic mass is 10.0. The van der Waals surface area contributed by atoms with E-state index in [9.17, 15) is 23.1 Å². The molecule has 1 aliphatic rings. The van der Waals surface area contributed by atoms with E-state index in [2.05, 4.69) is 0 Å². The summed E-state index contributed by atoms with van der Waals surface area (Å²) in [5.74, 6) is -1.53. The summed E-state index contributed by atoms with van der Waals surface area (Å²) >= 11 is 1.21. The number of carboxylic acid groups (broad SMARTS) is 1. The summed E-state index contributed by atoms with van der Waals surface area (Å²) in [6.07, 6.45) is 0.971. The summed E-state index contributed by atoms with van der Waals surface area (Å²) in [7, 11) is -3.39. The summed E-state index contributed by atoms with van der Waals surface area (Å²) in [5, 5.41) is 8.73. The highest BCUT2D eigenvalue weighted by Gasteiger charge is 2.39. The van der Waals surface area contributed by atoms with Crippen molar-refractivity contribution in [2.45, 2.75) is 54.7 Å². The third-order valence-corrected chi connectivity index (χ3v) is 7.93. The number of sulfone groups is 1. The Morgan fingerprint density at radius 2 is 2.00 bits per heavy atom. The van der Waals surface area contributed by atoms with Gasteiger partial charge in [-0.15, -0.1) is 11.8 Å². The Kier molecular flexibility index (Phi) is 6.74. The molecule has 1 aromatic rings. The zero-order valence-electron chi connectivity index (χ0n) is 15.2. The van der Waals surface area contributed by atoms with Gasteiger partial charge in [-0.3, -0.25) is 9.59 Å². The van der Waals surface area contributed by atoms with E-state index in [1.54, 1.807) is 43.0 Å². The maximum absolute atomic E-state index is 12.8. The molecular formula is C18H25NO5S2. The van der Waals surface area contributed by atoms with Crippen LogP contribution in [0.3, 0.4) is 0 Å². The summed E-state index contributed by atoms with van der Waals surface area (Å²) in [6.45, 7) is 5.71. The number of carbonyl (C=O) groups is 2. The van der Waals surface area contributed by atoms with Gasteiger partial charge in [-0.25, -0.2) is 8.42 Å². The van der Waals surface area contributed by atoms with Crippen molar-refractivity contribution < 1.29 is 23.1 Å². The molecule has 1 saturated heterocycles. The third kappa shape index (κ3) is 4.40. The maximum Gasteiger partial charge on any atom is 0.308 e. The molecule has 26 heavy (non-hydrogen) atoms. The average molecular weight is 400 g/mol. The molecule has 0 saturated carbocycles. The number of hydrogen-bond acceptors (Lipinski definition) is 5. The minimum absolute atomic E-state index is 0.0658. The van der Waals surface area contributed by atoms with Gasteiger partial charge in [0.2, 0.25) is 5.91 Å². The van der Waals surface area contributed by atoms with Crippen LogP contribution in [0.15, 0.2) is 34.1 Å². The van der Waals surface area contributed by atoms with Crippen molar-refractivity contribution in [2.24, 2.45) is 5.92 Å². The van der Waals surface area contributed by atoms with Crippen molar-refractivity contribution in [3.05, 3.63) is 24.3 Å². The van der Waals surface area contributed by atoms with Gasteiger partial charge in [0.15, 0.2) is 9.84 Å². The van der Waals surface area contributed by atoms with Gasteiger partial charge in [0.1, 0.15) is 0 Å². The molecule has 144 valence electrons. The lowest BCUT2D eigenvalue weighted by Gasteiger charge is -2.26. The Labute approximate surface area is 158 Å². The van der Waals surface area contributed by atoms with Gasteiger partial charge in [-0.05, 0) is 38.8 Å². The predicted octanol–water partition coefficient (Wildman–Crippen LogP) is 2.67. The fourth-order valence-electron chi connectivity index (χ4n) is 3.24. The van der Waals surface area contributed by atoms with Crippen LogP contribution in [0, 0.1) is 5.92 Å². The number of rotatable bonds is 7. The molecule has 1 amide bonds. The Hall–Kier alpha value is -1.54. The van der Waals surface area contributed by atoms with Gasteiger partial charge < -0.3 is 10.0 Å². The SMILES string of the molecule is CCCS(=O)(=O)c1ccccc1SC(C)C(=O)N1CCC(C(=O)O)C1C. The van der Waals surface area contributed by atoms with E-state index in [-0.39, 0.29) is 22.6 Å². The number of carboxylic acids is 1. The van der Waals surface area contributed by atoms with Crippen LogP contribution >= 0.6 is 11.8 Å². The molecule has 1 fully saturated rings. The fourth-order valence-corrected chi connectivity index (χ4v) is 6.14. The molecule has 0 spiro atoms. The monoisotopic (exact) mass is 399 g/mol. The molecule has 8 heteroatoms. The van der Waals surface area contributed by atoms with Crippen LogP contribution in [-0.4, -0.2) is 53.9 Å². The summed E-state index contributed by atoms with van der Waals surface area (Å²) in [5.41, 5.74) is 0. The van der Waals surface area contributed by atoms with E-state index in [0.29, 0.717) is 24.3 Å². The van der Waals surface area contributed by atoms with Gasteiger partial charge >= 0.3 is 5.97 Å². The minimum Gasteiger partial charge on any atom is -0.481 e. The molecule has 3 atom stereocenters. The topological polar surface area (TPSA) is 91.8 Å². The van der Waals surface area contributed by atoms with Crippen molar-refractivity contribution in [2.75, 3.05) is 12.3 Å². The van der Waals surface area contributed by atoms with Crippen LogP contribution in [0.1, 0.15) is 33.6 Å². The van der Waals surface area contributed by atoms with Gasteiger partial charge in [-0.2, -0.15) is 0 Å².